The number of aromatic nitrogens is 4. The maximum atomic E-state index is 13.5. The third-order valence-electron chi connectivity index (χ3n) is 11.0. The van der Waals surface area contributed by atoms with Crippen LogP contribution in [0.2, 0.25) is 5.02 Å². The van der Waals surface area contributed by atoms with Gasteiger partial charge < -0.3 is 15.0 Å². The molecule has 316 valence electrons. The number of fused-ring (bicyclic) bond motifs is 4. The van der Waals surface area contributed by atoms with Crippen molar-refractivity contribution in [3.63, 3.8) is 0 Å². The average Bonchev–Trinajstić information content (AvgIpc) is 3.92. The number of benzene rings is 3. The number of nitrogens with zero attached hydrogens (tertiary/aromatic N) is 5. The first kappa shape index (κ1) is 43.5. The third-order valence-corrected chi connectivity index (χ3v) is 13.9. The number of anilines is 1. The summed E-state index contributed by atoms with van der Waals surface area (Å²) in [6, 6.07) is 17.3. The number of ether oxygens (including phenoxy) is 1. The van der Waals surface area contributed by atoms with Gasteiger partial charge >= 0.3 is 5.97 Å². The Morgan fingerprint density at radius 1 is 1.08 bits per heavy atom. The molecule has 0 spiro atoms. The highest BCUT2D eigenvalue weighted by molar-refractivity contribution is 7.96. The molecule has 3 N–H and O–H groups in total. The van der Waals surface area contributed by atoms with Gasteiger partial charge in [-0.05, 0) is 88.1 Å². The van der Waals surface area contributed by atoms with Crippen LogP contribution < -0.4 is 10.0 Å². The van der Waals surface area contributed by atoms with E-state index >= 15 is 0 Å². The van der Waals surface area contributed by atoms with E-state index in [0.29, 0.717) is 50.0 Å². The van der Waals surface area contributed by atoms with Crippen molar-refractivity contribution in [2.75, 3.05) is 11.8 Å². The van der Waals surface area contributed by atoms with E-state index in [2.05, 4.69) is 51.7 Å². The molecule has 0 saturated heterocycles. The quantitative estimate of drug-likeness (QED) is 0.0802. The zero-order valence-electron chi connectivity index (χ0n) is 35.0. The van der Waals surface area contributed by atoms with Crippen LogP contribution in [-0.2, 0) is 19.6 Å². The molecule has 0 radical (unpaired) electrons. The minimum atomic E-state index is -3.98. The number of nitriles is 1. The van der Waals surface area contributed by atoms with E-state index in [-0.39, 0.29) is 17.2 Å². The zero-order valence-corrected chi connectivity index (χ0v) is 37.4. The van der Waals surface area contributed by atoms with Gasteiger partial charge in [-0.3, -0.25) is 23.9 Å². The smallest absolute Gasteiger partial charge is 0.308 e. The number of H-pyrrole nitrogens is 1. The van der Waals surface area contributed by atoms with Crippen LogP contribution in [0.3, 0.4) is 0 Å². The number of aromatic amines is 1. The molecule has 2 atom stereocenters. The van der Waals surface area contributed by atoms with Gasteiger partial charge in [-0.15, -0.1) is 21.5 Å². The maximum Gasteiger partial charge on any atom is 0.308 e. The van der Waals surface area contributed by atoms with E-state index in [1.807, 2.05) is 42.7 Å². The Morgan fingerprint density at radius 2 is 1.81 bits per heavy atom. The van der Waals surface area contributed by atoms with E-state index in [0.717, 1.165) is 49.0 Å². The van der Waals surface area contributed by atoms with Crippen molar-refractivity contribution in [1.82, 2.24) is 25.1 Å². The Labute approximate surface area is 368 Å². The van der Waals surface area contributed by atoms with Gasteiger partial charge in [-0.1, -0.05) is 66.7 Å². The SMILES string of the molecule is C=C/C(=C\C=C(/C)S(=O)(=O)Nc1ccc(C)c2c(C#N)c[nH]c12)[C@@H](C)NC(=O)c1ccc(-c2ccc(C3=N[C@@H](CC(=O)OC)c4nnc(C)n4-c4sc(C)c(C)c43)cc2)c(Cl)c1. The highest BCUT2D eigenvalue weighted by Crippen LogP contribution is 2.40. The second-order valence-corrected chi connectivity index (χ2v) is 18.4. The van der Waals surface area contributed by atoms with Gasteiger partial charge in [0.25, 0.3) is 15.9 Å². The lowest BCUT2D eigenvalue weighted by Gasteiger charge is -2.16. The second-order valence-electron chi connectivity index (χ2n) is 14.9. The fourth-order valence-electron chi connectivity index (χ4n) is 7.34. The summed E-state index contributed by atoms with van der Waals surface area (Å²) in [5.74, 6) is 0.482. The minimum absolute atomic E-state index is 0.00110. The van der Waals surface area contributed by atoms with Crippen LogP contribution in [-0.4, -0.2) is 58.9 Å². The van der Waals surface area contributed by atoms with Crippen molar-refractivity contribution in [1.29, 1.82) is 5.26 Å². The lowest BCUT2D eigenvalue weighted by atomic mass is 9.96. The highest BCUT2D eigenvalue weighted by atomic mass is 35.5. The summed E-state index contributed by atoms with van der Waals surface area (Å²) in [6.45, 7) is 15.0. The Morgan fingerprint density at radius 3 is 2.48 bits per heavy atom. The lowest BCUT2D eigenvalue weighted by Crippen LogP contribution is -2.33. The Bertz CT molecular complexity index is 3060. The molecule has 0 aliphatic carbocycles. The van der Waals surface area contributed by atoms with Gasteiger partial charge in [-0.25, -0.2) is 8.42 Å². The van der Waals surface area contributed by atoms with Crippen LogP contribution in [0.1, 0.15) is 81.0 Å². The normalized spacial score (nSPS) is 14.6. The van der Waals surface area contributed by atoms with Crippen molar-refractivity contribution < 1.29 is 22.7 Å². The number of halogens is 1. The molecule has 13 nitrogen and oxygen atoms in total. The number of allylic oxidation sites excluding steroid dienone is 3. The largest absolute Gasteiger partial charge is 0.469 e. The van der Waals surface area contributed by atoms with E-state index < -0.39 is 28.1 Å². The molecular formula is C46H43ClN8O5S2. The fraction of sp³-hybridized carbons (Fsp3) is 0.217. The molecule has 1 aliphatic rings. The topological polar surface area (TPSA) is 184 Å². The number of hydrogen-bond donors (Lipinski definition) is 3. The van der Waals surface area contributed by atoms with Crippen LogP contribution in [0.4, 0.5) is 5.69 Å². The summed E-state index contributed by atoms with van der Waals surface area (Å²) < 4.78 is 36.3. The number of methoxy groups -OCH3 is 1. The molecule has 3 aromatic heterocycles. The summed E-state index contributed by atoms with van der Waals surface area (Å²) in [5.41, 5.74) is 8.14. The monoisotopic (exact) mass is 886 g/mol. The van der Waals surface area contributed by atoms with Gasteiger partial charge in [0.15, 0.2) is 5.82 Å². The van der Waals surface area contributed by atoms with E-state index in [4.69, 9.17) is 21.3 Å². The molecule has 7 rings (SSSR count). The average molecular weight is 887 g/mol. The standard InChI is InChI=1S/C46H43ClN8O5S2/c1-9-30(12-11-25(3)62(58,59)54-37-19-10-24(2)40-34(22-48)23-49-43(37)40)27(5)50-45(57)33-17-18-35(36(47)20-33)31-13-15-32(16-14-31)42-41-26(4)28(6)61-46(41)55-29(7)52-53-44(55)38(51-42)21-39(56)60-8/h9-20,23,27,38,49,54H,1,21H2,2-8H3,(H,50,57)/b25-11+,30-12+/t27-,38+/m1/s1. The van der Waals surface area contributed by atoms with Gasteiger partial charge in [0.2, 0.25) is 0 Å². The number of nitrogens with one attached hydrogen (secondary N) is 3. The molecule has 16 heteroatoms. The summed E-state index contributed by atoms with van der Waals surface area (Å²) in [6.07, 6.45) is 6.13. The molecule has 0 fully saturated rings. The van der Waals surface area contributed by atoms with Crippen LogP contribution >= 0.6 is 22.9 Å². The van der Waals surface area contributed by atoms with Gasteiger partial charge in [0.05, 0.1) is 47.0 Å². The maximum absolute atomic E-state index is 13.5. The Kier molecular flexibility index (Phi) is 12.2. The fourth-order valence-corrected chi connectivity index (χ4v) is 9.71. The summed E-state index contributed by atoms with van der Waals surface area (Å²) in [7, 11) is -2.63. The molecule has 0 unspecified atom stereocenters. The number of rotatable bonds is 12. The minimum Gasteiger partial charge on any atom is -0.469 e. The first-order valence-corrected chi connectivity index (χ1v) is 22.2. The molecular weight excluding hydrogens is 844 g/mol. The van der Waals surface area contributed by atoms with Crippen LogP contribution in [0, 0.1) is 39.0 Å². The van der Waals surface area contributed by atoms with Gasteiger partial charge in [0, 0.05) is 43.7 Å². The van der Waals surface area contributed by atoms with Gasteiger partial charge in [-0.2, -0.15) is 5.26 Å². The molecule has 6 aromatic rings. The molecule has 1 amide bonds. The van der Waals surface area contributed by atoms with E-state index in [1.54, 1.807) is 66.9 Å². The van der Waals surface area contributed by atoms with Gasteiger partial charge in [0.1, 0.15) is 22.9 Å². The van der Waals surface area contributed by atoms with E-state index in [9.17, 15) is 23.3 Å². The third kappa shape index (κ3) is 8.24. The number of aliphatic imine (C=N–C) groups is 1. The highest BCUT2D eigenvalue weighted by Gasteiger charge is 2.33. The number of amides is 1. The van der Waals surface area contributed by atoms with E-state index in [1.165, 1.54) is 20.1 Å². The predicted octanol–water partition coefficient (Wildman–Crippen LogP) is 9.27. The predicted molar refractivity (Wildman–Crippen MR) is 245 cm³/mol. The van der Waals surface area contributed by atoms with Crippen molar-refractivity contribution in [3.05, 3.63) is 151 Å². The number of sulfonamides is 1. The van der Waals surface area contributed by atoms with Crippen LogP contribution in [0.15, 0.2) is 101 Å². The van der Waals surface area contributed by atoms with Crippen LogP contribution in [0.5, 0.6) is 0 Å². The van der Waals surface area contributed by atoms with Crippen LogP contribution in [0.25, 0.3) is 27.0 Å². The first-order chi connectivity index (χ1) is 29.6. The molecule has 3 aromatic carbocycles. The molecule has 62 heavy (non-hydrogen) atoms. The van der Waals surface area contributed by atoms with Crippen molar-refractivity contribution in [2.24, 2.45) is 4.99 Å². The zero-order chi connectivity index (χ0) is 44.6. The first-order valence-electron chi connectivity index (χ1n) is 19.5. The van der Waals surface area contributed by atoms with Crippen molar-refractivity contribution in [2.45, 2.75) is 60.0 Å². The van der Waals surface area contributed by atoms with Crippen molar-refractivity contribution >= 4 is 67.1 Å². The summed E-state index contributed by atoms with van der Waals surface area (Å²) >= 11 is 8.46. The Balaban J connectivity index is 1.08. The molecule has 4 heterocycles. The molecule has 0 bridgehead atoms. The Hall–Kier alpha value is -6.60. The number of thiophene rings is 1. The molecule has 1 aliphatic heterocycles. The number of aryl methyl sites for hydroxylation is 3. The second kappa shape index (κ2) is 17.4. The number of hydrogen-bond acceptors (Lipinski definition) is 10. The number of carbonyl (C=O) groups excluding carboxylic acids is 2. The summed E-state index contributed by atoms with van der Waals surface area (Å²) in [5, 5.41) is 23.1. The van der Waals surface area contributed by atoms with Crippen molar-refractivity contribution in [3.8, 4) is 22.2 Å². The number of esters is 1. The lowest BCUT2D eigenvalue weighted by molar-refractivity contribution is -0.141. The molecule has 0 saturated carbocycles. The summed E-state index contributed by atoms with van der Waals surface area (Å²) in [4.78, 5) is 35.3. The number of carbonyl (C=O) groups is 2.